The third-order valence-corrected chi connectivity index (χ3v) is 4.33. The van der Waals surface area contributed by atoms with E-state index in [1.54, 1.807) is 7.11 Å². The van der Waals surface area contributed by atoms with Crippen LogP contribution in [0.1, 0.15) is 46.0 Å². The first-order valence-corrected chi connectivity index (χ1v) is 7.57. The average Bonchev–Trinajstić information content (AvgIpc) is 2.92. The molecular formula is C15H27NO4. The molecule has 0 spiro atoms. The van der Waals surface area contributed by atoms with Crippen molar-refractivity contribution in [2.45, 2.75) is 52.0 Å². The predicted molar refractivity (Wildman–Crippen MR) is 76.4 cm³/mol. The van der Waals surface area contributed by atoms with Crippen LogP contribution in [0.4, 0.5) is 0 Å². The molecule has 0 radical (unpaired) electrons. The van der Waals surface area contributed by atoms with E-state index < -0.39 is 5.97 Å². The van der Waals surface area contributed by atoms with Crippen molar-refractivity contribution in [2.24, 2.45) is 11.8 Å². The Balaban J connectivity index is 2.70. The molecule has 5 heteroatoms. The highest BCUT2D eigenvalue weighted by Gasteiger charge is 2.36. The number of carbonyl (C=O) groups is 2. The smallest absolute Gasteiger partial charge is 0.306 e. The van der Waals surface area contributed by atoms with Gasteiger partial charge in [-0.3, -0.25) is 9.59 Å². The highest BCUT2D eigenvalue weighted by molar-refractivity contribution is 5.81. The van der Waals surface area contributed by atoms with Gasteiger partial charge in [-0.2, -0.15) is 0 Å². The first-order valence-electron chi connectivity index (χ1n) is 7.57. The maximum atomic E-state index is 12.7. The van der Waals surface area contributed by atoms with Crippen LogP contribution in [0, 0.1) is 11.8 Å². The zero-order chi connectivity index (χ0) is 15.1. The number of rotatable bonds is 8. The summed E-state index contributed by atoms with van der Waals surface area (Å²) in [6.45, 7) is 5.28. The van der Waals surface area contributed by atoms with Crippen LogP contribution >= 0.6 is 0 Å². The second-order valence-corrected chi connectivity index (χ2v) is 5.54. The molecule has 1 aliphatic rings. The van der Waals surface area contributed by atoms with Gasteiger partial charge in [-0.05, 0) is 32.1 Å². The van der Waals surface area contributed by atoms with E-state index in [4.69, 9.17) is 9.84 Å². The standard InChI is InChI=1S/C15H27NO4/c1-4-13(5-2)16(8-9-20-3)14(17)11-6-7-12(10-11)15(18)19/h11-13H,4-10H2,1-3H3,(H,18,19)/t11-,12+/m1/s1. The minimum absolute atomic E-state index is 0.111. The minimum atomic E-state index is -0.772. The third-order valence-electron chi connectivity index (χ3n) is 4.33. The molecule has 1 N–H and O–H groups in total. The van der Waals surface area contributed by atoms with Crippen molar-refractivity contribution in [1.29, 1.82) is 0 Å². The summed E-state index contributed by atoms with van der Waals surface area (Å²) in [7, 11) is 1.63. The van der Waals surface area contributed by atoms with E-state index in [1.165, 1.54) is 0 Å². The molecular weight excluding hydrogens is 258 g/mol. The molecule has 0 aromatic carbocycles. The third kappa shape index (κ3) is 4.20. The van der Waals surface area contributed by atoms with Crippen molar-refractivity contribution >= 4 is 11.9 Å². The lowest BCUT2D eigenvalue weighted by Crippen LogP contribution is -2.44. The molecule has 0 bridgehead atoms. The molecule has 0 saturated heterocycles. The lowest BCUT2D eigenvalue weighted by molar-refractivity contribution is -0.142. The molecule has 1 aliphatic carbocycles. The van der Waals surface area contributed by atoms with Crippen molar-refractivity contribution in [2.75, 3.05) is 20.3 Å². The van der Waals surface area contributed by atoms with Crippen molar-refractivity contribution in [3.63, 3.8) is 0 Å². The maximum Gasteiger partial charge on any atom is 0.306 e. The number of carboxylic acid groups (broad SMARTS) is 1. The molecule has 1 saturated carbocycles. The van der Waals surface area contributed by atoms with Crippen LogP contribution in [-0.2, 0) is 14.3 Å². The summed E-state index contributed by atoms with van der Waals surface area (Å²) in [4.78, 5) is 25.6. The van der Waals surface area contributed by atoms with Crippen LogP contribution in [0.2, 0.25) is 0 Å². The van der Waals surface area contributed by atoms with E-state index in [0.717, 1.165) is 12.8 Å². The minimum Gasteiger partial charge on any atom is -0.481 e. The van der Waals surface area contributed by atoms with Gasteiger partial charge in [0.1, 0.15) is 0 Å². The number of carboxylic acids is 1. The fraction of sp³-hybridized carbons (Fsp3) is 0.867. The van der Waals surface area contributed by atoms with E-state index in [0.29, 0.717) is 32.4 Å². The Kier molecular flexibility index (Phi) is 6.99. The molecule has 1 amide bonds. The molecule has 116 valence electrons. The van der Waals surface area contributed by atoms with Gasteiger partial charge in [0.05, 0.1) is 12.5 Å². The lowest BCUT2D eigenvalue weighted by atomic mass is 10.0. The number of hydrogen-bond acceptors (Lipinski definition) is 3. The van der Waals surface area contributed by atoms with E-state index in [9.17, 15) is 9.59 Å². The molecule has 1 fully saturated rings. The summed E-state index contributed by atoms with van der Waals surface area (Å²) in [6.07, 6.45) is 3.63. The molecule has 5 nitrogen and oxygen atoms in total. The zero-order valence-corrected chi connectivity index (χ0v) is 12.8. The molecule has 20 heavy (non-hydrogen) atoms. The summed E-state index contributed by atoms with van der Waals surface area (Å²) in [5, 5.41) is 9.05. The number of aliphatic carboxylic acids is 1. The second-order valence-electron chi connectivity index (χ2n) is 5.54. The van der Waals surface area contributed by atoms with Gasteiger partial charge in [-0.15, -0.1) is 0 Å². The van der Waals surface area contributed by atoms with Gasteiger partial charge < -0.3 is 14.7 Å². The quantitative estimate of drug-likeness (QED) is 0.742. The Hall–Kier alpha value is -1.10. The first kappa shape index (κ1) is 17.0. The Labute approximate surface area is 121 Å². The number of amides is 1. The molecule has 0 aromatic heterocycles. The van der Waals surface area contributed by atoms with E-state index >= 15 is 0 Å². The van der Waals surface area contributed by atoms with Crippen LogP contribution in [-0.4, -0.2) is 48.2 Å². The Bertz CT molecular complexity index is 328. The highest BCUT2D eigenvalue weighted by atomic mass is 16.5. The SMILES string of the molecule is CCC(CC)N(CCOC)C(=O)[C@@H]1CC[C@H](C(=O)O)C1. The molecule has 0 unspecified atom stereocenters. The summed E-state index contributed by atoms with van der Waals surface area (Å²) < 4.78 is 5.10. The van der Waals surface area contributed by atoms with Crippen LogP contribution in [0.15, 0.2) is 0 Å². The van der Waals surface area contributed by atoms with Gasteiger partial charge in [0, 0.05) is 25.6 Å². The van der Waals surface area contributed by atoms with Crippen LogP contribution in [0.3, 0.4) is 0 Å². The van der Waals surface area contributed by atoms with Gasteiger partial charge in [-0.1, -0.05) is 13.8 Å². The van der Waals surface area contributed by atoms with Crippen LogP contribution in [0.25, 0.3) is 0 Å². The lowest BCUT2D eigenvalue weighted by Gasteiger charge is -2.32. The fourth-order valence-electron chi connectivity index (χ4n) is 3.06. The largest absolute Gasteiger partial charge is 0.481 e. The number of methoxy groups -OCH3 is 1. The second kappa shape index (κ2) is 8.25. The molecule has 2 atom stereocenters. The average molecular weight is 285 g/mol. The topological polar surface area (TPSA) is 66.8 Å². The first-order chi connectivity index (χ1) is 9.54. The summed E-state index contributed by atoms with van der Waals surface area (Å²) in [5.41, 5.74) is 0. The predicted octanol–water partition coefficient (Wildman–Crippen LogP) is 2.15. The van der Waals surface area contributed by atoms with Crippen molar-refractivity contribution in [3.8, 4) is 0 Å². The van der Waals surface area contributed by atoms with E-state index in [2.05, 4.69) is 13.8 Å². The fourth-order valence-corrected chi connectivity index (χ4v) is 3.06. The normalized spacial score (nSPS) is 22.2. The number of nitrogens with zero attached hydrogens (tertiary/aromatic N) is 1. The Morgan fingerprint density at radius 3 is 2.30 bits per heavy atom. The number of hydrogen-bond donors (Lipinski definition) is 1. The van der Waals surface area contributed by atoms with Gasteiger partial charge in [0.15, 0.2) is 0 Å². The molecule has 1 rings (SSSR count). The number of carbonyl (C=O) groups excluding carboxylic acids is 1. The van der Waals surface area contributed by atoms with Gasteiger partial charge in [0.2, 0.25) is 5.91 Å². The van der Waals surface area contributed by atoms with Crippen LogP contribution in [0.5, 0.6) is 0 Å². The molecule has 0 heterocycles. The van der Waals surface area contributed by atoms with Gasteiger partial charge in [0.25, 0.3) is 0 Å². The Morgan fingerprint density at radius 2 is 1.85 bits per heavy atom. The van der Waals surface area contributed by atoms with Crippen LogP contribution < -0.4 is 0 Å². The summed E-state index contributed by atoms with van der Waals surface area (Å²) >= 11 is 0. The monoisotopic (exact) mass is 285 g/mol. The van der Waals surface area contributed by atoms with Crippen molar-refractivity contribution < 1.29 is 19.4 Å². The zero-order valence-electron chi connectivity index (χ0n) is 12.8. The van der Waals surface area contributed by atoms with E-state index in [1.807, 2.05) is 4.90 Å². The molecule has 0 aromatic rings. The molecule has 0 aliphatic heterocycles. The van der Waals surface area contributed by atoms with Crippen molar-refractivity contribution in [3.05, 3.63) is 0 Å². The highest BCUT2D eigenvalue weighted by Crippen LogP contribution is 2.33. The van der Waals surface area contributed by atoms with E-state index in [-0.39, 0.29) is 23.8 Å². The van der Waals surface area contributed by atoms with Gasteiger partial charge >= 0.3 is 5.97 Å². The van der Waals surface area contributed by atoms with Gasteiger partial charge in [-0.25, -0.2) is 0 Å². The summed E-state index contributed by atoms with van der Waals surface area (Å²) in [5.74, 6) is -1.14. The Morgan fingerprint density at radius 1 is 1.25 bits per heavy atom. The number of ether oxygens (including phenoxy) is 1. The van der Waals surface area contributed by atoms with Crippen molar-refractivity contribution in [1.82, 2.24) is 4.90 Å². The summed E-state index contributed by atoms with van der Waals surface area (Å²) in [6, 6.07) is 0.224. The maximum absolute atomic E-state index is 12.7.